The number of amides is 2. The molecule has 30 heavy (non-hydrogen) atoms. The number of anilines is 1. The van der Waals surface area contributed by atoms with E-state index in [-0.39, 0.29) is 23.7 Å². The Morgan fingerprint density at radius 3 is 2.70 bits per heavy atom. The summed E-state index contributed by atoms with van der Waals surface area (Å²) in [6.07, 6.45) is 0. The van der Waals surface area contributed by atoms with E-state index in [1.165, 1.54) is 17.4 Å². The van der Waals surface area contributed by atoms with E-state index >= 15 is 0 Å². The zero-order chi connectivity index (χ0) is 20.8. The van der Waals surface area contributed by atoms with Crippen LogP contribution in [0.3, 0.4) is 0 Å². The van der Waals surface area contributed by atoms with Gasteiger partial charge in [-0.25, -0.2) is 4.39 Å². The summed E-state index contributed by atoms with van der Waals surface area (Å²) in [4.78, 5) is 25.6. The van der Waals surface area contributed by atoms with Gasteiger partial charge in [-0.2, -0.15) is 0 Å². The molecule has 5 rings (SSSR count). The quantitative estimate of drug-likeness (QED) is 0.468. The third kappa shape index (κ3) is 2.88. The first-order valence-corrected chi connectivity index (χ1v) is 10.4. The number of carbonyl (C=O) groups excluding carboxylic acids is 2. The molecule has 3 aromatic carbocycles. The van der Waals surface area contributed by atoms with Crippen LogP contribution in [0.15, 0.2) is 66.0 Å². The first-order chi connectivity index (χ1) is 14.5. The van der Waals surface area contributed by atoms with Crippen LogP contribution in [0.25, 0.3) is 10.1 Å². The van der Waals surface area contributed by atoms with Gasteiger partial charge in [-0.1, -0.05) is 42.5 Å². The highest BCUT2D eigenvalue weighted by Crippen LogP contribution is 2.38. The summed E-state index contributed by atoms with van der Waals surface area (Å²) in [6.45, 7) is 1.99. The molecule has 0 fully saturated rings. The maximum atomic E-state index is 14.0. The molecule has 0 saturated heterocycles. The predicted octanol–water partition coefficient (Wildman–Crippen LogP) is 5.43. The van der Waals surface area contributed by atoms with Crippen LogP contribution in [0.5, 0.6) is 0 Å². The van der Waals surface area contributed by atoms with Gasteiger partial charge in [0.05, 0.1) is 16.3 Å². The normalized spacial score (nSPS) is 15.1. The van der Waals surface area contributed by atoms with Crippen LogP contribution in [-0.4, -0.2) is 11.8 Å². The molecule has 1 aliphatic heterocycles. The Balaban J connectivity index is 1.57. The molecule has 2 N–H and O–H groups in total. The zero-order valence-electron chi connectivity index (χ0n) is 16.0. The molecule has 0 spiro atoms. The number of fused-ring (bicyclic) bond motifs is 2. The van der Waals surface area contributed by atoms with Crippen LogP contribution >= 0.6 is 11.3 Å². The van der Waals surface area contributed by atoms with Crippen molar-refractivity contribution in [3.05, 3.63) is 99.7 Å². The number of carbonyl (C=O) groups is 2. The van der Waals surface area contributed by atoms with E-state index in [9.17, 15) is 14.0 Å². The Hall–Kier alpha value is -3.51. The fourth-order valence-electron chi connectivity index (χ4n) is 4.00. The molecule has 1 aromatic heterocycles. The van der Waals surface area contributed by atoms with Crippen molar-refractivity contribution in [2.45, 2.75) is 13.0 Å². The van der Waals surface area contributed by atoms with E-state index in [1.807, 2.05) is 31.2 Å². The van der Waals surface area contributed by atoms with Crippen molar-refractivity contribution >= 4 is 38.9 Å². The van der Waals surface area contributed by atoms with E-state index in [0.29, 0.717) is 26.9 Å². The summed E-state index contributed by atoms with van der Waals surface area (Å²) < 4.78 is 14.5. The number of nitrogens with one attached hydrogen (secondary N) is 2. The first kappa shape index (κ1) is 18.5. The molecule has 0 radical (unpaired) electrons. The van der Waals surface area contributed by atoms with Crippen molar-refractivity contribution in [1.82, 2.24) is 5.32 Å². The molecule has 2 heterocycles. The average molecular weight is 416 g/mol. The Labute approximate surface area is 176 Å². The molecule has 0 aliphatic carbocycles. The summed E-state index contributed by atoms with van der Waals surface area (Å²) in [5.74, 6) is -0.841. The van der Waals surface area contributed by atoms with Crippen molar-refractivity contribution in [3.8, 4) is 0 Å². The maximum Gasteiger partial charge on any atom is 0.257 e. The third-order valence-electron chi connectivity index (χ3n) is 5.46. The standard InChI is InChI=1S/C24H17FN2O2S/c1-13-6-2-3-7-14(13)21-20-16(23(28)27-21)9-5-11-19(20)26-24(29)17-12-30-22-15(17)8-4-10-18(22)25/h2-12,21H,1H3,(H,26,29)(H,27,28)/t21-/m1/s1. The van der Waals surface area contributed by atoms with Crippen molar-refractivity contribution in [3.63, 3.8) is 0 Å². The Kier molecular flexibility index (Phi) is 4.37. The molecular formula is C24H17FN2O2S. The first-order valence-electron chi connectivity index (χ1n) is 9.51. The summed E-state index contributed by atoms with van der Waals surface area (Å²) in [7, 11) is 0. The minimum absolute atomic E-state index is 0.169. The van der Waals surface area contributed by atoms with Crippen LogP contribution in [0.4, 0.5) is 10.1 Å². The summed E-state index contributed by atoms with van der Waals surface area (Å²) in [5, 5.41) is 8.21. The van der Waals surface area contributed by atoms with Crippen LogP contribution in [0.1, 0.15) is 43.4 Å². The fraction of sp³-hybridized carbons (Fsp3) is 0.0833. The van der Waals surface area contributed by atoms with Gasteiger partial charge in [-0.3, -0.25) is 9.59 Å². The largest absolute Gasteiger partial charge is 0.341 e. The van der Waals surface area contributed by atoms with Gasteiger partial charge in [-0.15, -0.1) is 11.3 Å². The number of rotatable bonds is 3. The Bertz CT molecular complexity index is 1330. The number of hydrogen-bond donors (Lipinski definition) is 2. The van der Waals surface area contributed by atoms with Gasteiger partial charge in [0, 0.05) is 27.6 Å². The van der Waals surface area contributed by atoms with Gasteiger partial charge in [0.15, 0.2) is 0 Å². The Morgan fingerprint density at radius 2 is 1.87 bits per heavy atom. The molecule has 148 valence electrons. The van der Waals surface area contributed by atoms with Gasteiger partial charge >= 0.3 is 0 Å². The van der Waals surface area contributed by atoms with E-state index in [0.717, 1.165) is 16.7 Å². The van der Waals surface area contributed by atoms with Crippen molar-refractivity contribution in [2.24, 2.45) is 0 Å². The molecule has 4 aromatic rings. The number of halogens is 1. The smallest absolute Gasteiger partial charge is 0.257 e. The lowest BCUT2D eigenvalue weighted by Crippen LogP contribution is -2.21. The van der Waals surface area contributed by atoms with Crippen LogP contribution < -0.4 is 10.6 Å². The molecule has 0 unspecified atom stereocenters. The summed E-state index contributed by atoms with van der Waals surface area (Å²) in [6, 6.07) is 17.5. The molecule has 1 aliphatic rings. The van der Waals surface area contributed by atoms with Crippen molar-refractivity contribution in [1.29, 1.82) is 0 Å². The second-order valence-corrected chi connectivity index (χ2v) is 8.13. The molecule has 0 saturated carbocycles. The highest BCUT2D eigenvalue weighted by molar-refractivity contribution is 7.17. The number of aryl methyl sites for hydroxylation is 1. The Morgan fingerprint density at radius 1 is 1.07 bits per heavy atom. The predicted molar refractivity (Wildman–Crippen MR) is 117 cm³/mol. The number of benzene rings is 3. The molecular weight excluding hydrogens is 399 g/mol. The van der Waals surface area contributed by atoms with Gasteiger partial charge in [0.1, 0.15) is 5.82 Å². The highest BCUT2D eigenvalue weighted by Gasteiger charge is 2.33. The monoisotopic (exact) mass is 416 g/mol. The molecule has 4 nitrogen and oxygen atoms in total. The lowest BCUT2D eigenvalue weighted by Gasteiger charge is -2.18. The summed E-state index contributed by atoms with van der Waals surface area (Å²) >= 11 is 1.20. The molecule has 1 atom stereocenters. The zero-order valence-corrected chi connectivity index (χ0v) is 16.8. The minimum atomic E-state index is -0.345. The van der Waals surface area contributed by atoms with Gasteiger partial charge < -0.3 is 10.6 Å². The average Bonchev–Trinajstić information content (AvgIpc) is 3.32. The molecule has 0 bridgehead atoms. The lowest BCUT2D eigenvalue weighted by atomic mass is 9.93. The topological polar surface area (TPSA) is 58.2 Å². The van der Waals surface area contributed by atoms with E-state index in [2.05, 4.69) is 10.6 Å². The van der Waals surface area contributed by atoms with Gasteiger partial charge in [-0.05, 0) is 36.2 Å². The number of hydrogen-bond acceptors (Lipinski definition) is 3. The van der Waals surface area contributed by atoms with Crippen LogP contribution in [0, 0.1) is 12.7 Å². The van der Waals surface area contributed by atoms with Crippen molar-refractivity contribution < 1.29 is 14.0 Å². The van der Waals surface area contributed by atoms with Gasteiger partial charge in [0.25, 0.3) is 11.8 Å². The second-order valence-electron chi connectivity index (χ2n) is 7.25. The summed E-state index contributed by atoms with van der Waals surface area (Å²) in [5.41, 5.74) is 4.31. The minimum Gasteiger partial charge on any atom is -0.341 e. The number of thiophene rings is 1. The lowest BCUT2D eigenvalue weighted by molar-refractivity contribution is 0.0959. The third-order valence-corrected chi connectivity index (χ3v) is 6.46. The molecule has 2 amide bonds. The van der Waals surface area contributed by atoms with Crippen LogP contribution in [-0.2, 0) is 0 Å². The highest BCUT2D eigenvalue weighted by atomic mass is 32.1. The van der Waals surface area contributed by atoms with E-state index in [4.69, 9.17) is 0 Å². The van der Waals surface area contributed by atoms with E-state index in [1.54, 1.807) is 35.7 Å². The SMILES string of the molecule is Cc1ccccc1[C@H]1NC(=O)c2cccc(NC(=O)c3csc4c(F)cccc34)c21. The maximum absolute atomic E-state index is 14.0. The van der Waals surface area contributed by atoms with Crippen LogP contribution in [0.2, 0.25) is 0 Å². The van der Waals surface area contributed by atoms with E-state index < -0.39 is 0 Å². The second kappa shape index (κ2) is 7.07. The molecule has 6 heteroatoms. The van der Waals surface area contributed by atoms with Crippen molar-refractivity contribution in [2.75, 3.05) is 5.32 Å². The van der Waals surface area contributed by atoms with Gasteiger partial charge in [0.2, 0.25) is 0 Å². The fourth-order valence-corrected chi connectivity index (χ4v) is 4.95.